The lowest BCUT2D eigenvalue weighted by atomic mass is 10.3. The van der Waals surface area contributed by atoms with Gasteiger partial charge in [-0.3, -0.25) is 4.99 Å². The smallest absolute Gasteiger partial charge is 0.131 e. The van der Waals surface area contributed by atoms with Crippen molar-refractivity contribution in [3.63, 3.8) is 0 Å². The van der Waals surface area contributed by atoms with Crippen LogP contribution in [0.2, 0.25) is 0 Å². The molecule has 0 aliphatic carbocycles. The number of aliphatic hydroxyl groups is 1. The molecule has 0 bridgehead atoms. The number of amidine groups is 1. The van der Waals surface area contributed by atoms with Gasteiger partial charge in [0.25, 0.3) is 0 Å². The van der Waals surface area contributed by atoms with Crippen molar-refractivity contribution in [1.29, 1.82) is 0 Å². The van der Waals surface area contributed by atoms with Crippen LogP contribution in [0.4, 0.5) is 5.00 Å². The molecule has 0 atom stereocenters. The highest BCUT2D eigenvalue weighted by atomic mass is 32.1. The van der Waals surface area contributed by atoms with Gasteiger partial charge < -0.3 is 16.2 Å². The van der Waals surface area contributed by atoms with Crippen LogP contribution in [-0.2, 0) is 6.61 Å². The Morgan fingerprint density at radius 1 is 1.52 bits per heavy atom. The van der Waals surface area contributed by atoms with Crippen LogP contribution in [0.3, 0.4) is 0 Å². The summed E-state index contributed by atoms with van der Waals surface area (Å²) < 4.78 is 0. The molecule has 2 rings (SSSR count). The fraction of sp³-hybridized carbons (Fsp3) is 0.286. The molecule has 2 heterocycles. The van der Waals surface area contributed by atoms with Gasteiger partial charge in [0.2, 0.25) is 0 Å². The maximum Gasteiger partial charge on any atom is 0.131 e. The van der Waals surface area contributed by atoms with Gasteiger partial charge in [-0.25, -0.2) is 4.98 Å². The van der Waals surface area contributed by atoms with Crippen molar-refractivity contribution in [2.24, 2.45) is 4.99 Å². The first kappa shape index (κ1) is 15.5. The van der Waals surface area contributed by atoms with Gasteiger partial charge in [0, 0.05) is 25.4 Å². The molecule has 21 heavy (non-hydrogen) atoms. The van der Waals surface area contributed by atoms with Crippen LogP contribution in [0.1, 0.15) is 22.7 Å². The number of thiazole rings is 1. The van der Waals surface area contributed by atoms with Crippen LogP contribution in [0.15, 0.2) is 21.8 Å². The van der Waals surface area contributed by atoms with Crippen molar-refractivity contribution in [3.8, 4) is 11.8 Å². The summed E-state index contributed by atoms with van der Waals surface area (Å²) in [4.78, 5) is 8.37. The lowest BCUT2D eigenvalue weighted by Gasteiger charge is -2.06. The van der Waals surface area contributed by atoms with E-state index in [2.05, 4.69) is 27.1 Å². The number of aromatic nitrogens is 1. The largest absolute Gasteiger partial charge is 0.390 e. The first-order chi connectivity index (χ1) is 10.2. The van der Waals surface area contributed by atoms with Crippen LogP contribution in [-0.4, -0.2) is 29.5 Å². The lowest BCUT2D eigenvalue weighted by Crippen LogP contribution is -2.25. The zero-order chi connectivity index (χ0) is 15.1. The standard InChI is InChI=1S/C14H16N4OS2/c1-16-14(11-5-7-20-13(11)15)17-6-3-2-4-10-9-21-12(8-19)18-10/h5,7,9,19H,3,6,8,15H2,1H3,(H,16,17). The molecule has 0 fully saturated rings. The quantitative estimate of drug-likeness (QED) is 0.346. The maximum atomic E-state index is 8.93. The number of nitrogens with one attached hydrogen (secondary N) is 1. The number of aliphatic imine (C=N–C) groups is 1. The predicted octanol–water partition coefficient (Wildman–Crippen LogP) is 1.69. The molecule has 0 aromatic carbocycles. The van der Waals surface area contributed by atoms with E-state index in [1.165, 1.54) is 22.7 Å². The topological polar surface area (TPSA) is 83.5 Å². The van der Waals surface area contributed by atoms with Crippen LogP contribution < -0.4 is 11.1 Å². The minimum Gasteiger partial charge on any atom is -0.390 e. The molecule has 0 radical (unpaired) electrons. The first-order valence-electron chi connectivity index (χ1n) is 6.32. The molecule has 110 valence electrons. The number of nitrogens with two attached hydrogens (primary N) is 1. The van der Waals surface area contributed by atoms with Gasteiger partial charge in [0.05, 0.1) is 17.2 Å². The summed E-state index contributed by atoms with van der Waals surface area (Å²) in [5.41, 5.74) is 7.52. The number of nitrogen functional groups attached to an aromatic ring is 1. The van der Waals surface area contributed by atoms with Gasteiger partial charge in [-0.1, -0.05) is 5.92 Å². The third-order valence-corrected chi connectivity index (χ3v) is 4.20. The summed E-state index contributed by atoms with van der Waals surface area (Å²) in [5, 5.41) is 17.4. The Balaban J connectivity index is 1.83. The Hall–Kier alpha value is -1.88. The molecule has 2 aromatic rings. The third-order valence-electron chi connectivity index (χ3n) is 2.62. The van der Waals surface area contributed by atoms with E-state index in [0.29, 0.717) is 23.7 Å². The minimum absolute atomic E-state index is 0.0354. The van der Waals surface area contributed by atoms with E-state index in [4.69, 9.17) is 10.8 Å². The zero-order valence-corrected chi connectivity index (χ0v) is 13.2. The van der Waals surface area contributed by atoms with Crippen LogP contribution in [0, 0.1) is 11.8 Å². The normalized spacial score (nSPS) is 11.0. The first-order valence-corrected chi connectivity index (χ1v) is 8.08. The Labute approximate surface area is 131 Å². The molecule has 5 nitrogen and oxygen atoms in total. The van der Waals surface area contributed by atoms with E-state index in [1.54, 1.807) is 7.05 Å². The van der Waals surface area contributed by atoms with Gasteiger partial charge in [-0.15, -0.1) is 22.7 Å². The Morgan fingerprint density at radius 3 is 3.00 bits per heavy atom. The van der Waals surface area contributed by atoms with Gasteiger partial charge in [0.1, 0.15) is 16.5 Å². The highest BCUT2D eigenvalue weighted by Gasteiger charge is 2.06. The van der Waals surface area contributed by atoms with Crippen molar-refractivity contribution in [3.05, 3.63) is 33.1 Å². The van der Waals surface area contributed by atoms with Crippen molar-refractivity contribution in [2.75, 3.05) is 19.3 Å². The van der Waals surface area contributed by atoms with Crippen molar-refractivity contribution >= 4 is 33.5 Å². The Bertz CT molecular complexity index is 678. The van der Waals surface area contributed by atoms with E-state index in [9.17, 15) is 0 Å². The highest BCUT2D eigenvalue weighted by molar-refractivity contribution is 7.14. The summed E-state index contributed by atoms with van der Waals surface area (Å²) in [6, 6.07) is 1.95. The second-order valence-electron chi connectivity index (χ2n) is 4.03. The predicted molar refractivity (Wildman–Crippen MR) is 88.7 cm³/mol. The number of hydrogen-bond donors (Lipinski definition) is 3. The van der Waals surface area contributed by atoms with E-state index in [1.807, 2.05) is 16.8 Å². The fourth-order valence-corrected chi connectivity index (χ4v) is 2.88. The van der Waals surface area contributed by atoms with Crippen molar-refractivity contribution in [2.45, 2.75) is 13.0 Å². The minimum atomic E-state index is -0.0354. The average molecular weight is 320 g/mol. The third kappa shape index (κ3) is 4.29. The summed E-state index contributed by atoms with van der Waals surface area (Å²) >= 11 is 2.91. The summed E-state index contributed by atoms with van der Waals surface area (Å²) in [7, 11) is 1.73. The summed E-state index contributed by atoms with van der Waals surface area (Å²) in [5.74, 6) is 6.80. The van der Waals surface area contributed by atoms with Crippen LogP contribution in [0.5, 0.6) is 0 Å². The molecule has 0 saturated heterocycles. The van der Waals surface area contributed by atoms with Gasteiger partial charge >= 0.3 is 0 Å². The fourth-order valence-electron chi connectivity index (χ4n) is 1.65. The van der Waals surface area contributed by atoms with E-state index >= 15 is 0 Å². The van der Waals surface area contributed by atoms with Gasteiger partial charge in [-0.05, 0) is 17.4 Å². The summed E-state index contributed by atoms with van der Waals surface area (Å²) in [6.45, 7) is 0.651. The molecular formula is C14H16N4OS2. The number of aliphatic hydroxyl groups excluding tert-OH is 1. The number of nitrogens with zero attached hydrogens (tertiary/aromatic N) is 2. The zero-order valence-electron chi connectivity index (χ0n) is 11.6. The lowest BCUT2D eigenvalue weighted by molar-refractivity contribution is 0.281. The summed E-state index contributed by atoms with van der Waals surface area (Å²) in [6.07, 6.45) is 0.676. The molecule has 0 aliphatic rings. The van der Waals surface area contributed by atoms with E-state index in [0.717, 1.165) is 16.4 Å². The second-order valence-corrected chi connectivity index (χ2v) is 5.92. The van der Waals surface area contributed by atoms with E-state index < -0.39 is 0 Å². The number of hydrogen-bond acceptors (Lipinski definition) is 6. The average Bonchev–Trinajstić information content (AvgIpc) is 3.12. The molecule has 0 amide bonds. The highest BCUT2D eigenvalue weighted by Crippen LogP contribution is 2.18. The Kier molecular flexibility index (Phi) is 5.75. The Morgan fingerprint density at radius 2 is 2.38 bits per heavy atom. The van der Waals surface area contributed by atoms with E-state index in [-0.39, 0.29) is 6.61 Å². The van der Waals surface area contributed by atoms with Gasteiger partial charge in [-0.2, -0.15) is 0 Å². The number of anilines is 1. The van der Waals surface area contributed by atoms with Crippen LogP contribution >= 0.6 is 22.7 Å². The molecule has 0 unspecified atom stereocenters. The SMILES string of the molecule is CN=C(NCCC#Cc1csc(CO)n1)c1ccsc1N. The van der Waals surface area contributed by atoms with Crippen molar-refractivity contribution in [1.82, 2.24) is 10.3 Å². The maximum absolute atomic E-state index is 8.93. The molecule has 0 aliphatic heterocycles. The van der Waals surface area contributed by atoms with Gasteiger partial charge in [0.15, 0.2) is 0 Å². The molecular weight excluding hydrogens is 304 g/mol. The molecule has 0 saturated carbocycles. The monoisotopic (exact) mass is 320 g/mol. The second kappa shape index (κ2) is 7.78. The molecule has 7 heteroatoms. The number of thiophene rings is 1. The van der Waals surface area contributed by atoms with Crippen LogP contribution in [0.25, 0.3) is 0 Å². The molecule has 0 spiro atoms. The number of rotatable bonds is 4. The van der Waals surface area contributed by atoms with Crippen molar-refractivity contribution < 1.29 is 5.11 Å². The molecule has 2 aromatic heterocycles. The molecule has 4 N–H and O–H groups in total.